The summed E-state index contributed by atoms with van der Waals surface area (Å²) in [5, 5.41) is 21.1. The molecule has 1 unspecified atom stereocenters. The molecule has 0 fully saturated rings. The fourth-order valence-electron chi connectivity index (χ4n) is 3.38. The Hall–Kier alpha value is -3.57. The Morgan fingerprint density at radius 1 is 1.19 bits per heavy atom. The molecule has 2 heterocycles. The Bertz CT molecular complexity index is 1360. The van der Waals surface area contributed by atoms with Crippen molar-refractivity contribution in [2.45, 2.75) is 37.2 Å². The number of nitrogens with zero attached hydrogens (tertiary/aromatic N) is 4. The van der Waals surface area contributed by atoms with E-state index in [2.05, 4.69) is 21.0 Å². The van der Waals surface area contributed by atoms with Crippen molar-refractivity contribution in [2.75, 3.05) is 0 Å². The van der Waals surface area contributed by atoms with Crippen molar-refractivity contribution >= 4 is 39.3 Å². The van der Waals surface area contributed by atoms with Crippen LogP contribution in [0.3, 0.4) is 0 Å². The molecule has 8 heteroatoms. The van der Waals surface area contributed by atoms with Crippen molar-refractivity contribution in [1.82, 2.24) is 19.5 Å². The van der Waals surface area contributed by atoms with Crippen LogP contribution < -0.4 is 5.56 Å². The van der Waals surface area contributed by atoms with Crippen LogP contribution in [-0.4, -0.2) is 29.9 Å². The van der Waals surface area contributed by atoms with Gasteiger partial charge < -0.3 is 10.1 Å². The smallest absolute Gasteiger partial charge is 0.262 e. The highest BCUT2D eigenvalue weighted by Crippen LogP contribution is 2.30. The first kappa shape index (κ1) is 20.7. The first-order chi connectivity index (χ1) is 15.0. The van der Waals surface area contributed by atoms with Crippen LogP contribution in [0.5, 0.6) is 0 Å². The molecule has 0 spiro atoms. The van der Waals surface area contributed by atoms with Crippen molar-refractivity contribution in [3.05, 3.63) is 70.5 Å². The average molecular weight is 432 g/mol. The molecule has 0 aliphatic heterocycles. The van der Waals surface area contributed by atoms with Crippen molar-refractivity contribution in [2.24, 2.45) is 0 Å². The molecule has 0 amide bonds. The SMILES string of the molecule is CCCn1c(SC(C)/C(O)=C(\C#N)c2nc3ccccc3[nH]2)nc2ccccc2c1=O. The normalized spacial score (nSPS) is 13.2. The summed E-state index contributed by atoms with van der Waals surface area (Å²) in [7, 11) is 0. The van der Waals surface area contributed by atoms with E-state index in [-0.39, 0.29) is 16.9 Å². The molecule has 0 radical (unpaired) electrons. The Morgan fingerprint density at radius 2 is 1.90 bits per heavy atom. The molecule has 31 heavy (non-hydrogen) atoms. The van der Waals surface area contributed by atoms with Crippen molar-refractivity contribution in [3.8, 4) is 6.07 Å². The quantitative estimate of drug-likeness (QED) is 0.199. The molecule has 2 N–H and O–H groups in total. The van der Waals surface area contributed by atoms with E-state index >= 15 is 0 Å². The number of benzene rings is 2. The second-order valence-electron chi connectivity index (χ2n) is 7.10. The molecular weight excluding hydrogens is 410 g/mol. The molecule has 7 nitrogen and oxygen atoms in total. The van der Waals surface area contributed by atoms with Crippen molar-refractivity contribution < 1.29 is 5.11 Å². The van der Waals surface area contributed by atoms with Gasteiger partial charge in [-0.15, -0.1) is 0 Å². The minimum atomic E-state index is -0.515. The second kappa shape index (κ2) is 8.66. The van der Waals surface area contributed by atoms with Crippen LogP contribution >= 0.6 is 11.8 Å². The lowest BCUT2D eigenvalue weighted by molar-refractivity contribution is 0.401. The maximum Gasteiger partial charge on any atom is 0.262 e. The highest BCUT2D eigenvalue weighted by atomic mass is 32.2. The third-order valence-electron chi connectivity index (χ3n) is 4.94. The maximum atomic E-state index is 13.0. The highest BCUT2D eigenvalue weighted by molar-refractivity contribution is 7.99. The van der Waals surface area contributed by atoms with Crippen LogP contribution in [0.4, 0.5) is 0 Å². The second-order valence-corrected chi connectivity index (χ2v) is 8.41. The molecule has 0 aliphatic rings. The van der Waals surface area contributed by atoms with Gasteiger partial charge in [-0.25, -0.2) is 9.97 Å². The Morgan fingerprint density at radius 3 is 2.61 bits per heavy atom. The lowest BCUT2D eigenvalue weighted by Crippen LogP contribution is -2.24. The topological polar surface area (TPSA) is 108 Å². The number of aliphatic hydroxyl groups excluding tert-OH is 1. The van der Waals surface area contributed by atoms with E-state index in [1.54, 1.807) is 23.6 Å². The van der Waals surface area contributed by atoms with Crippen LogP contribution in [-0.2, 0) is 6.54 Å². The number of H-pyrrole nitrogens is 1. The zero-order chi connectivity index (χ0) is 22.0. The third-order valence-corrected chi connectivity index (χ3v) is 6.03. The van der Waals surface area contributed by atoms with E-state index in [1.807, 2.05) is 43.3 Å². The van der Waals surface area contributed by atoms with Gasteiger partial charge in [0, 0.05) is 6.54 Å². The number of rotatable bonds is 6. The van der Waals surface area contributed by atoms with E-state index in [0.717, 1.165) is 11.9 Å². The predicted octanol–water partition coefficient (Wildman–Crippen LogP) is 4.66. The molecule has 4 aromatic rings. The van der Waals surface area contributed by atoms with Crippen molar-refractivity contribution in [3.63, 3.8) is 0 Å². The number of allylic oxidation sites excluding steroid dienone is 1. The van der Waals surface area contributed by atoms with Gasteiger partial charge in [-0.05, 0) is 37.6 Å². The zero-order valence-electron chi connectivity index (χ0n) is 17.2. The molecule has 2 aromatic carbocycles. The number of thioether (sulfide) groups is 1. The molecule has 0 saturated heterocycles. The van der Waals surface area contributed by atoms with Crippen LogP contribution in [0.2, 0.25) is 0 Å². The van der Waals surface area contributed by atoms with Crippen LogP contribution in [0.1, 0.15) is 26.1 Å². The largest absolute Gasteiger partial charge is 0.510 e. The maximum absolute atomic E-state index is 13.0. The molecular formula is C23H21N5O2S. The van der Waals surface area contributed by atoms with Gasteiger partial charge in [-0.3, -0.25) is 9.36 Å². The summed E-state index contributed by atoms with van der Waals surface area (Å²) in [6.07, 6.45) is 0.770. The summed E-state index contributed by atoms with van der Waals surface area (Å²) in [5.41, 5.74) is 2.07. The summed E-state index contributed by atoms with van der Waals surface area (Å²) in [6, 6.07) is 16.7. The van der Waals surface area contributed by atoms with E-state index in [0.29, 0.717) is 33.9 Å². The van der Waals surface area contributed by atoms with Gasteiger partial charge >= 0.3 is 0 Å². The predicted molar refractivity (Wildman–Crippen MR) is 123 cm³/mol. The summed E-state index contributed by atoms with van der Waals surface area (Å²) < 4.78 is 1.63. The van der Waals surface area contributed by atoms with Crippen molar-refractivity contribution in [1.29, 1.82) is 5.26 Å². The molecule has 0 saturated carbocycles. The standard InChI is InChI=1S/C23H21N5O2S/c1-3-12-28-22(30)15-8-4-5-9-17(15)27-23(28)31-14(2)20(29)16(13-24)21-25-18-10-6-7-11-19(18)26-21/h4-11,14,29H,3,12H2,1-2H3,(H,25,26)/b20-16-. The van der Waals surface area contributed by atoms with Gasteiger partial charge in [0.15, 0.2) is 11.0 Å². The number of hydrogen-bond donors (Lipinski definition) is 2. The number of hydrogen-bond acceptors (Lipinski definition) is 6. The van der Waals surface area contributed by atoms with Gasteiger partial charge in [0.05, 0.1) is 27.2 Å². The fraction of sp³-hybridized carbons (Fsp3) is 0.217. The number of aromatic nitrogens is 4. The fourth-order valence-corrected chi connectivity index (χ4v) is 4.38. The number of nitrogens with one attached hydrogen (secondary N) is 1. The van der Waals surface area contributed by atoms with Gasteiger partial charge in [0.25, 0.3) is 5.56 Å². The minimum absolute atomic E-state index is 0.0707. The monoisotopic (exact) mass is 431 g/mol. The summed E-state index contributed by atoms with van der Waals surface area (Å²) >= 11 is 1.24. The number of para-hydroxylation sites is 3. The molecule has 1 atom stereocenters. The first-order valence-electron chi connectivity index (χ1n) is 9.98. The number of aromatic amines is 1. The third kappa shape index (κ3) is 3.92. The number of fused-ring (bicyclic) bond motifs is 2. The van der Waals surface area contributed by atoms with Crippen LogP contribution in [0, 0.1) is 11.3 Å². The number of imidazole rings is 1. The summed E-state index contributed by atoms with van der Waals surface area (Å²) in [5.74, 6) is 0.197. The Kier molecular flexibility index (Phi) is 5.78. The molecule has 4 rings (SSSR count). The molecule has 0 bridgehead atoms. The van der Waals surface area contributed by atoms with Crippen LogP contribution in [0.25, 0.3) is 27.5 Å². The number of aliphatic hydroxyl groups is 1. The van der Waals surface area contributed by atoms with Crippen LogP contribution in [0.15, 0.2) is 64.2 Å². The first-order valence-corrected chi connectivity index (χ1v) is 10.9. The van der Waals surface area contributed by atoms with Gasteiger partial charge in [-0.2, -0.15) is 5.26 Å². The van der Waals surface area contributed by atoms with E-state index in [1.165, 1.54) is 11.8 Å². The van der Waals surface area contributed by atoms with E-state index in [4.69, 9.17) is 0 Å². The molecule has 0 aliphatic carbocycles. The van der Waals surface area contributed by atoms with Gasteiger partial charge in [-0.1, -0.05) is 43.0 Å². The lowest BCUT2D eigenvalue weighted by Gasteiger charge is -2.16. The Balaban J connectivity index is 1.74. The zero-order valence-corrected chi connectivity index (χ0v) is 18.0. The lowest BCUT2D eigenvalue weighted by atomic mass is 10.2. The average Bonchev–Trinajstić information content (AvgIpc) is 3.20. The molecule has 156 valence electrons. The Labute approximate surface area is 183 Å². The number of nitriles is 1. The van der Waals surface area contributed by atoms with Gasteiger partial charge in [0.2, 0.25) is 0 Å². The van der Waals surface area contributed by atoms with Gasteiger partial charge in [0.1, 0.15) is 17.4 Å². The van der Waals surface area contributed by atoms with E-state index < -0.39 is 5.25 Å². The summed E-state index contributed by atoms with van der Waals surface area (Å²) in [4.78, 5) is 25.1. The molecule has 2 aromatic heterocycles. The highest BCUT2D eigenvalue weighted by Gasteiger charge is 2.21. The minimum Gasteiger partial charge on any atom is -0.510 e. The summed E-state index contributed by atoms with van der Waals surface area (Å²) in [6.45, 7) is 4.29. The van der Waals surface area contributed by atoms with E-state index in [9.17, 15) is 15.2 Å².